The first-order valence-electron chi connectivity index (χ1n) is 11.1. The van der Waals surface area contributed by atoms with Gasteiger partial charge in [0, 0.05) is 49.5 Å². The maximum Gasteiger partial charge on any atom is 0.261 e. The number of nitrogens with zero attached hydrogens (tertiary/aromatic N) is 3. The van der Waals surface area contributed by atoms with E-state index < -0.39 is 17.2 Å². The van der Waals surface area contributed by atoms with Gasteiger partial charge in [0.15, 0.2) is 0 Å². The quantitative estimate of drug-likeness (QED) is 0.679. The van der Waals surface area contributed by atoms with Gasteiger partial charge >= 0.3 is 0 Å². The van der Waals surface area contributed by atoms with Crippen molar-refractivity contribution in [2.75, 3.05) is 43.4 Å². The van der Waals surface area contributed by atoms with Crippen LogP contribution in [0.4, 0.5) is 15.8 Å². The van der Waals surface area contributed by atoms with Crippen LogP contribution in [0.1, 0.15) is 34.8 Å². The molecular formula is C25H27FN4O2. The van der Waals surface area contributed by atoms with Crippen LogP contribution in [0.5, 0.6) is 0 Å². The number of benzene rings is 2. The number of fused-ring (bicyclic) bond motifs is 1. The van der Waals surface area contributed by atoms with E-state index in [1.807, 2.05) is 34.6 Å². The molecule has 0 spiro atoms. The van der Waals surface area contributed by atoms with E-state index in [9.17, 15) is 9.59 Å². The van der Waals surface area contributed by atoms with Gasteiger partial charge in [-0.1, -0.05) is 12.1 Å². The molecule has 1 amide bonds. The average molecular weight is 435 g/mol. The van der Waals surface area contributed by atoms with Crippen molar-refractivity contribution in [1.82, 2.24) is 9.47 Å². The van der Waals surface area contributed by atoms with Crippen molar-refractivity contribution in [2.24, 2.45) is 0 Å². The molecule has 0 bridgehead atoms. The number of pyridine rings is 1. The summed E-state index contributed by atoms with van der Waals surface area (Å²) in [7, 11) is 2.06. The van der Waals surface area contributed by atoms with Gasteiger partial charge in [-0.05, 0) is 56.6 Å². The number of nitrogens with one attached hydrogen (secondary N) is 1. The number of piperazine rings is 1. The molecule has 0 atom stereocenters. The molecule has 1 aliphatic heterocycles. The van der Waals surface area contributed by atoms with E-state index in [2.05, 4.69) is 17.3 Å². The van der Waals surface area contributed by atoms with Crippen molar-refractivity contribution in [3.8, 4) is 0 Å². The minimum Gasteiger partial charge on any atom is -0.367 e. The third-order valence-electron chi connectivity index (χ3n) is 6.41. The Balaban J connectivity index is 1.57. The Morgan fingerprint density at radius 2 is 1.84 bits per heavy atom. The van der Waals surface area contributed by atoms with Crippen LogP contribution in [0, 0.1) is 12.7 Å². The second-order valence-corrected chi connectivity index (χ2v) is 8.95. The molecule has 166 valence electrons. The molecule has 0 radical (unpaired) electrons. The third-order valence-corrected chi connectivity index (χ3v) is 6.41. The number of carbonyl (C=O) groups is 1. The summed E-state index contributed by atoms with van der Waals surface area (Å²) in [6.07, 6.45) is 3.62. The first-order valence-corrected chi connectivity index (χ1v) is 11.1. The van der Waals surface area contributed by atoms with E-state index in [1.54, 1.807) is 18.3 Å². The molecule has 1 aromatic heterocycles. The number of aromatic nitrogens is 1. The molecule has 7 heteroatoms. The second kappa shape index (κ2) is 8.06. The van der Waals surface area contributed by atoms with Crippen molar-refractivity contribution in [3.05, 3.63) is 69.8 Å². The van der Waals surface area contributed by atoms with Crippen LogP contribution in [0.15, 0.2) is 47.4 Å². The van der Waals surface area contributed by atoms with Gasteiger partial charge in [-0.2, -0.15) is 0 Å². The Morgan fingerprint density at radius 3 is 2.53 bits per heavy atom. The fourth-order valence-electron chi connectivity index (χ4n) is 4.39. The molecule has 3 aromatic rings. The molecular weight excluding hydrogens is 407 g/mol. The highest BCUT2D eigenvalue weighted by molar-refractivity contribution is 6.06. The maximum absolute atomic E-state index is 15.1. The van der Waals surface area contributed by atoms with Crippen molar-refractivity contribution in [1.29, 1.82) is 0 Å². The summed E-state index contributed by atoms with van der Waals surface area (Å²) in [4.78, 5) is 30.5. The van der Waals surface area contributed by atoms with E-state index >= 15 is 4.39 Å². The molecule has 6 nitrogen and oxygen atoms in total. The van der Waals surface area contributed by atoms with Gasteiger partial charge in [0.2, 0.25) is 5.43 Å². The van der Waals surface area contributed by atoms with Crippen molar-refractivity contribution in [2.45, 2.75) is 25.8 Å². The zero-order valence-electron chi connectivity index (χ0n) is 18.4. The standard InChI is InChI=1S/C25H27FN4O2/c1-16-4-3-5-17(12-16)27-25(32)20-15-30(18-6-7-18)22-14-23(21(26)13-19(22)24(20)31)29-10-8-28(2)9-11-29/h3-5,12-15,18H,6-11H2,1-2H3,(H,27,32). The average Bonchev–Trinajstić information content (AvgIpc) is 3.60. The van der Waals surface area contributed by atoms with E-state index in [0.717, 1.165) is 44.6 Å². The van der Waals surface area contributed by atoms with Gasteiger partial charge in [0.05, 0.1) is 11.2 Å². The van der Waals surface area contributed by atoms with Crippen LogP contribution >= 0.6 is 0 Å². The SMILES string of the molecule is Cc1cccc(NC(=O)c2cn(C3CC3)c3cc(N4CCN(C)CC4)c(F)cc3c2=O)c1. The smallest absolute Gasteiger partial charge is 0.261 e. The molecule has 2 fully saturated rings. The first kappa shape index (κ1) is 20.7. The minimum atomic E-state index is -0.472. The van der Waals surface area contributed by atoms with Crippen LogP contribution in [-0.4, -0.2) is 48.6 Å². The highest BCUT2D eigenvalue weighted by atomic mass is 19.1. The number of halogens is 1. The Bertz CT molecular complexity index is 1260. The van der Waals surface area contributed by atoms with Crippen molar-refractivity contribution < 1.29 is 9.18 Å². The predicted octanol–water partition coefficient (Wildman–Crippen LogP) is 3.79. The van der Waals surface area contributed by atoms with Crippen LogP contribution < -0.4 is 15.6 Å². The number of hydrogen-bond donors (Lipinski definition) is 1. The molecule has 32 heavy (non-hydrogen) atoms. The Kier molecular flexibility index (Phi) is 5.21. The van der Waals surface area contributed by atoms with Gasteiger partial charge in [-0.15, -0.1) is 0 Å². The first-order chi connectivity index (χ1) is 15.4. The van der Waals surface area contributed by atoms with Gasteiger partial charge in [-0.3, -0.25) is 9.59 Å². The summed E-state index contributed by atoms with van der Waals surface area (Å²) in [6, 6.07) is 10.8. The predicted molar refractivity (Wildman–Crippen MR) is 125 cm³/mol. The van der Waals surface area contributed by atoms with Gasteiger partial charge in [0.25, 0.3) is 5.91 Å². The summed E-state index contributed by atoms with van der Waals surface area (Å²) in [5.74, 6) is -0.891. The molecule has 2 aromatic carbocycles. The maximum atomic E-state index is 15.1. The topological polar surface area (TPSA) is 57.6 Å². The summed E-state index contributed by atoms with van der Waals surface area (Å²) < 4.78 is 17.1. The number of carbonyl (C=O) groups excluding carboxylic acids is 1. The summed E-state index contributed by atoms with van der Waals surface area (Å²) in [6.45, 7) is 5.15. The number of amides is 1. The van der Waals surface area contributed by atoms with Crippen LogP contribution in [0.3, 0.4) is 0 Å². The molecule has 5 rings (SSSR count). The summed E-state index contributed by atoms with van der Waals surface area (Å²) >= 11 is 0. The normalized spacial score (nSPS) is 17.0. The van der Waals surface area contributed by atoms with Crippen LogP contribution in [0.25, 0.3) is 10.9 Å². The number of hydrogen-bond acceptors (Lipinski definition) is 4. The largest absolute Gasteiger partial charge is 0.367 e. The molecule has 2 aliphatic rings. The molecule has 2 heterocycles. The van der Waals surface area contributed by atoms with E-state index in [-0.39, 0.29) is 17.0 Å². The highest BCUT2D eigenvalue weighted by Crippen LogP contribution is 2.38. The fourth-order valence-corrected chi connectivity index (χ4v) is 4.39. The minimum absolute atomic E-state index is 0.0395. The van der Waals surface area contributed by atoms with E-state index in [1.165, 1.54) is 6.07 Å². The molecule has 1 N–H and O–H groups in total. The van der Waals surface area contributed by atoms with Gasteiger partial charge in [0.1, 0.15) is 11.4 Å². The highest BCUT2D eigenvalue weighted by Gasteiger charge is 2.28. The number of rotatable bonds is 4. The van der Waals surface area contributed by atoms with Crippen molar-refractivity contribution >= 4 is 28.2 Å². The summed E-state index contributed by atoms with van der Waals surface area (Å²) in [5.41, 5.74) is 2.46. The second-order valence-electron chi connectivity index (χ2n) is 8.95. The fraction of sp³-hybridized carbons (Fsp3) is 0.360. The molecule has 1 saturated heterocycles. The number of anilines is 2. The third kappa shape index (κ3) is 3.88. The molecule has 1 saturated carbocycles. The number of likely N-dealkylation sites (N-methyl/N-ethyl adjacent to an activating group) is 1. The van der Waals surface area contributed by atoms with Crippen LogP contribution in [0.2, 0.25) is 0 Å². The lowest BCUT2D eigenvalue weighted by atomic mass is 10.1. The van der Waals surface area contributed by atoms with E-state index in [0.29, 0.717) is 16.9 Å². The molecule has 0 unspecified atom stereocenters. The lowest BCUT2D eigenvalue weighted by molar-refractivity contribution is 0.102. The van der Waals surface area contributed by atoms with Gasteiger partial charge < -0.3 is 19.7 Å². The zero-order chi connectivity index (χ0) is 22.4. The number of aryl methyl sites for hydroxylation is 1. The monoisotopic (exact) mass is 434 g/mol. The van der Waals surface area contributed by atoms with Crippen LogP contribution in [-0.2, 0) is 0 Å². The lowest BCUT2D eigenvalue weighted by Crippen LogP contribution is -2.44. The van der Waals surface area contributed by atoms with E-state index in [4.69, 9.17) is 0 Å². The Morgan fingerprint density at radius 1 is 1.09 bits per heavy atom. The molecule has 1 aliphatic carbocycles. The Labute approximate surface area is 186 Å². The zero-order valence-corrected chi connectivity index (χ0v) is 18.4. The summed E-state index contributed by atoms with van der Waals surface area (Å²) in [5, 5.41) is 3.07. The van der Waals surface area contributed by atoms with Crippen molar-refractivity contribution in [3.63, 3.8) is 0 Å². The van der Waals surface area contributed by atoms with Gasteiger partial charge in [-0.25, -0.2) is 4.39 Å². The Hall–Kier alpha value is -3.19. The lowest BCUT2D eigenvalue weighted by Gasteiger charge is -2.34.